The van der Waals surface area contributed by atoms with Crippen LogP contribution in [-0.2, 0) is 9.59 Å². The summed E-state index contributed by atoms with van der Waals surface area (Å²) in [5, 5.41) is 8.74. The summed E-state index contributed by atoms with van der Waals surface area (Å²) < 4.78 is 0. The molecule has 1 heterocycles. The summed E-state index contributed by atoms with van der Waals surface area (Å²) in [4.78, 5) is 26.7. The average Bonchev–Trinajstić information content (AvgIpc) is 2.38. The summed E-state index contributed by atoms with van der Waals surface area (Å²) in [6.07, 6.45) is 3.81. The fraction of sp³-hybridized carbons (Fsp3) is 0.846. The Morgan fingerprint density at radius 2 is 1.84 bits per heavy atom. The minimum Gasteiger partial charge on any atom is -0.480 e. The van der Waals surface area contributed by atoms with Crippen LogP contribution in [0, 0.1) is 5.92 Å². The van der Waals surface area contributed by atoms with Crippen LogP contribution in [0.25, 0.3) is 0 Å². The fourth-order valence-electron chi connectivity index (χ4n) is 3.03. The van der Waals surface area contributed by atoms with Crippen LogP contribution in [0.2, 0.25) is 0 Å². The van der Waals surface area contributed by atoms with Crippen molar-refractivity contribution in [2.75, 3.05) is 32.7 Å². The quantitative estimate of drug-likeness (QED) is 0.736. The van der Waals surface area contributed by atoms with Crippen molar-refractivity contribution >= 4 is 11.9 Å². The van der Waals surface area contributed by atoms with Crippen LogP contribution < -0.4 is 5.73 Å². The van der Waals surface area contributed by atoms with Gasteiger partial charge in [-0.15, -0.1) is 0 Å². The Labute approximate surface area is 113 Å². The van der Waals surface area contributed by atoms with E-state index < -0.39 is 5.97 Å². The second-order valence-corrected chi connectivity index (χ2v) is 5.62. The molecule has 6 nitrogen and oxygen atoms in total. The van der Waals surface area contributed by atoms with Crippen molar-refractivity contribution in [1.29, 1.82) is 0 Å². The maximum absolute atomic E-state index is 12.4. The number of carboxylic acid groups (broad SMARTS) is 1. The molecule has 1 aliphatic heterocycles. The smallest absolute Gasteiger partial charge is 0.317 e. The molecule has 3 N–H and O–H groups in total. The molecular weight excluding hydrogens is 246 g/mol. The Kier molecular flexibility index (Phi) is 4.76. The van der Waals surface area contributed by atoms with E-state index in [1.807, 2.05) is 9.80 Å². The van der Waals surface area contributed by atoms with E-state index in [9.17, 15) is 9.59 Å². The molecule has 0 aromatic carbocycles. The normalized spacial score (nSPS) is 29.2. The summed E-state index contributed by atoms with van der Waals surface area (Å²) in [6.45, 7) is 2.64. The van der Waals surface area contributed by atoms with E-state index >= 15 is 0 Å². The lowest BCUT2D eigenvalue weighted by Gasteiger charge is -2.37. The van der Waals surface area contributed by atoms with Crippen molar-refractivity contribution in [2.24, 2.45) is 11.7 Å². The molecule has 2 atom stereocenters. The number of carboxylic acids is 1. The van der Waals surface area contributed by atoms with E-state index in [0.717, 1.165) is 25.7 Å². The van der Waals surface area contributed by atoms with Gasteiger partial charge in [-0.1, -0.05) is 6.42 Å². The molecule has 2 aliphatic rings. The maximum Gasteiger partial charge on any atom is 0.317 e. The zero-order valence-electron chi connectivity index (χ0n) is 11.3. The first-order valence-corrected chi connectivity index (χ1v) is 7.05. The van der Waals surface area contributed by atoms with Crippen molar-refractivity contribution in [2.45, 2.75) is 31.7 Å². The minimum absolute atomic E-state index is 0.0658. The second-order valence-electron chi connectivity index (χ2n) is 5.62. The molecule has 108 valence electrons. The van der Waals surface area contributed by atoms with Gasteiger partial charge in [0.2, 0.25) is 5.91 Å². The number of hydrogen-bond donors (Lipinski definition) is 2. The molecular formula is C13H23N3O3. The van der Waals surface area contributed by atoms with E-state index in [1.54, 1.807) is 0 Å². The van der Waals surface area contributed by atoms with Gasteiger partial charge in [0.15, 0.2) is 0 Å². The van der Waals surface area contributed by atoms with E-state index in [-0.39, 0.29) is 24.4 Å². The summed E-state index contributed by atoms with van der Waals surface area (Å²) in [6, 6.07) is 0.163. The van der Waals surface area contributed by atoms with Crippen molar-refractivity contribution in [3.05, 3.63) is 0 Å². The van der Waals surface area contributed by atoms with Gasteiger partial charge in [0.05, 0.1) is 6.54 Å². The molecule has 0 spiro atoms. The second kappa shape index (κ2) is 6.34. The highest BCUT2D eigenvalue weighted by atomic mass is 16.4. The molecule has 19 heavy (non-hydrogen) atoms. The molecule has 1 aliphatic carbocycles. The molecule has 0 radical (unpaired) electrons. The van der Waals surface area contributed by atoms with Crippen LogP contribution >= 0.6 is 0 Å². The number of aliphatic carboxylic acids is 1. The molecule has 1 saturated heterocycles. The highest BCUT2D eigenvalue weighted by Gasteiger charge is 2.30. The molecule has 2 unspecified atom stereocenters. The third kappa shape index (κ3) is 3.91. The Morgan fingerprint density at radius 1 is 1.16 bits per heavy atom. The largest absolute Gasteiger partial charge is 0.480 e. The molecule has 6 heteroatoms. The van der Waals surface area contributed by atoms with Crippen LogP contribution in [0.1, 0.15) is 25.7 Å². The van der Waals surface area contributed by atoms with Gasteiger partial charge in [-0.25, -0.2) is 0 Å². The van der Waals surface area contributed by atoms with E-state index in [0.29, 0.717) is 26.2 Å². The lowest BCUT2D eigenvalue weighted by atomic mass is 9.85. The standard InChI is InChI=1S/C13H23N3O3/c14-11-3-1-2-10(8-11)13(19)16-6-4-15(5-7-16)9-12(17)18/h10-11H,1-9,14H2,(H,17,18). The van der Waals surface area contributed by atoms with Crippen LogP contribution in [0.4, 0.5) is 0 Å². The van der Waals surface area contributed by atoms with Gasteiger partial charge in [0.1, 0.15) is 0 Å². The lowest BCUT2D eigenvalue weighted by Crippen LogP contribution is -2.52. The van der Waals surface area contributed by atoms with Gasteiger partial charge in [-0.2, -0.15) is 0 Å². The number of rotatable bonds is 3. The zero-order valence-corrected chi connectivity index (χ0v) is 11.3. The molecule has 0 bridgehead atoms. The van der Waals surface area contributed by atoms with Crippen LogP contribution in [0.5, 0.6) is 0 Å². The fourth-order valence-corrected chi connectivity index (χ4v) is 3.03. The lowest BCUT2D eigenvalue weighted by molar-refractivity contribution is -0.141. The molecule has 1 saturated carbocycles. The number of nitrogens with zero attached hydrogens (tertiary/aromatic N) is 2. The third-order valence-electron chi connectivity index (χ3n) is 4.11. The monoisotopic (exact) mass is 269 g/mol. The Morgan fingerprint density at radius 3 is 2.42 bits per heavy atom. The number of amides is 1. The maximum atomic E-state index is 12.4. The predicted molar refractivity (Wildman–Crippen MR) is 70.6 cm³/mol. The number of carbonyl (C=O) groups excluding carboxylic acids is 1. The zero-order chi connectivity index (χ0) is 13.8. The van der Waals surface area contributed by atoms with Gasteiger partial charge in [-0.3, -0.25) is 14.5 Å². The van der Waals surface area contributed by atoms with Crippen molar-refractivity contribution in [1.82, 2.24) is 9.80 Å². The van der Waals surface area contributed by atoms with Crippen LogP contribution in [-0.4, -0.2) is 65.5 Å². The summed E-state index contributed by atoms with van der Waals surface area (Å²) in [5.74, 6) is -0.516. The van der Waals surface area contributed by atoms with Crippen molar-refractivity contribution in [3.8, 4) is 0 Å². The molecule has 2 fully saturated rings. The Hall–Kier alpha value is -1.14. The SMILES string of the molecule is NC1CCCC(C(=O)N2CCN(CC(=O)O)CC2)C1. The average molecular weight is 269 g/mol. The summed E-state index contributed by atoms with van der Waals surface area (Å²) in [7, 11) is 0. The topological polar surface area (TPSA) is 86.9 Å². The number of piperazine rings is 1. The van der Waals surface area contributed by atoms with Crippen molar-refractivity contribution < 1.29 is 14.7 Å². The van der Waals surface area contributed by atoms with Gasteiger partial charge >= 0.3 is 5.97 Å². The van der Waals surface area contributed by atoms with E-state index in [2.05, 4.69) is 0 Å². The number of carbonyl (C=O) groups is 2. The Balaban J connectivity index is 1.80. The van der Waals surface area contributed by atoms with E-state index in [1.165, 1.54) is 0 Å². The summed E-state index contributed by atoms with van der Waals surface area (Å²) >= 11 is 0. The first kappa shape index (κ1) is 14.3. The van der Waals surface area contributed by atoms with Crippen LogP contribution in [0.15, 0.2) is 0 Å². The van der Waals surface area contributed by atoms with Gasteiger partial charge in [0, 0.05) is 38.1 Å². The van der Waals surface area contributed by atoms with Crippen molar-refractivity contribution in [3.63, 3.8) is 0 Å². The number of hydrogen-bond acceptors (Lipinski definition) is 4. The Bertz CT molecular complexity index is 340. The molecule has 0 aromatic rings. The molecule has 0 aromatic heterocycles. The van der Waals surface area contributed by atoms with E-state index in [4.69, 9.17) is 10.8 Å². The molecule has 1 amide bonds. The van der Waals surface area contributed by atoms with Gasteiger partial charge < -0.3 is 15.7 Å². The minimum atomic E-state index is -0.807. The predicted octanol–water partition coefficient (Wildman–Crippen LogP) is -0.267. The first-order valence-electron chi connectivity index (χ1n) is 7.05. The summed E-state index contributed by atoms with van der Waals surface area (Å²) in [5.41, 5.74) is 5.93. The highest BCUT2D eigenvalue weighted by molar-refractivity contribution is 5.79. The van der Waals surface area contributed by atoms with Crippen LogP contribution in [0.3, 0.4) is 0 Å². The highest BCUT2D eigenvalue weighted by Crippen LogP contribution is 2.25. The first-order chi connectivity index (χ1) is 9.06. The number of nitrogens with two attached hydrogens (primary N) is 1. The third-order valence-corrected chi connectivity index (χ3v) is 4.11. The van der Waals surface area contributed by atoms with Gasteiger partial charge in [0.25, 0.3) is 0 Å². The van der Waals surface area contributed by atoms with Gasteiger partial charge in [-0.05, 0) is 19.3 Å². The molecule has 2 rings (SSSR count).